The number of fused-ring (bicyclic) bond motifs is 1. The first kappa shape index (κ1) is 14.8. The molecule has 1 aromatic rings. The van der Waals surface area contributed by atoms with Crippen molar-refractivity contribution in [2.75, 3.05) is 19.8 Å². The van der Waals surface area contributed by atoms with Gasteiger partial charge in [-0.15, -0.1) is 0 Å². The van der Waals surface area contributed by atoms with Gasteiger partial charge in [0.15, 0.2) is 23.9 Å². The fourth-order valence-electron chi connectivity index (χ4n) is 1.88. The first-order valence-electron chi connectivity index (χ1n) is 6.02. The Hall–Kier alpha value is -1.60. The Bertz CT molecular complexity index is 542. The Kier molecular flexibility index (Phi) is 4.61. The zero-order valence-electron chi connectivity index (χ0n) is 10.7. The second-order valence-corrected chi connectivity index (χ2v) is 4.84. The SMILES string of the molecule is CCOC(=O)C(O)c1cc(Br)c(C=O)c2c1OCCO2. The van der Waals surface area contributed by atoms with Crippen LogP contribution >= 0.6 is 15.9 Å². The van der Waals surface area contributed by atoms with Crippen LogP contribution in [0.1, 0.15) is 28.9 Å². The maximum absolute atomic E-state index is 11.6. The van der Waals surface area contributed by atoms with Crippen LogP contribution in [0.4, 0.5) is 0 Å². The maximum atomic E-state index is 11.6. The van der Waals surface area contributed by atoms with Crippen molar-refractivity contribution in [1.29, 1.82) is 0 Å². The summed E-state index contributed by atoms with van der Waals surface area (Å²) >= 11 is 3.21. The molecule has 2 rings (SSSR count). The van der Waals surface area contributed by atoms with Crippen LogP contribution in [0.5, 0.6) is 11.5 Å². The van der Waals surface area contributed by atoms with Crippen LogP contribution in [0.2, 0.25) is 0 Å². The van der Waals surface area contributed by atoms with Gasteiger partial charge in [0.1, 0.15) is 13.2 Å². The summed E-state index contributed by atoms with van der Waals surface area (Å²) in [6, 6.07) is 1.46. The zero-order valence-corrected chi connectivity index (χ0v) is 12.3. The number of carbonyl (C=O) groups is 2. The fourth-order valence-corrected chi connectivity index (χ4v) is 2.40. The van der Waals surface area contributed by atoms with Gasteiger partial charge in [-0.05, 0) is 28.9 Å². The molecule has 0 aliphatic carbocycles. The molecule has 7 heteroatoms. The quantitative estimate of drug-likeness (QED) is 0.660. The molecule has 1 heterocycles. The third-order valence-electron chi connectivity index (χ3n) is 2.75. The number of hydrogen-bond donors (Lipinski definition) is 1. The lowest BCUT2D eigenvalue weighted by Crippen LogP contribution is -2.22. The van der Waals surface area contributed by atoms with Gasteiger partial charge in [0.25, 0.3) is 0 Å². The molecule has 1 N–H and O–H groups in total. The van der Waals surface area contributed by atoms with Crippen molar-refractivity contribution in [2.24, 2.45) is 0 Å². The molecule has 1 aromatic carbocycles. The summed E-state index contributed by atoms with van der Waals surface area (Å²) in [7, 11) is 0. The van der Waals surface area contributed by atoms with E-state index < -0.39 is 12.1 Å². The molecule has 0 fully saturated rings. The standard InChI is InChI=1S/C13H13BrO6/c1-2-18-13(17)10(16)7-5-9(14)8(6-15)12-11(7)19-3-4-20-12/h5-6,10,16H,2-4H2,1H3. The van der Waals surface area contributed by atoms with E-state index in [0.717, 1.165) is 0 Å². The monoisotopic (exact) mass is 344 g/mol. The lowest BCUT2D eigenvalue weighted by atomic mass is 10.0. The number of ether oxygens (including phenoxy) is 3. The van der Waals surface area contributed by atoms with Gasteiger partial charge in [0.2, 0.25) is 0 Å². The molecule has 0 radical (unpaired) electrons. The van der Waals surface area contributed by atoms with Crippen LogP contribution in [0.3, 0.4) is 0 Å². The number of halogens is 1. The number of hydrogen-bond acceptors (Lipinski definition) is 6. The molecule has 0 spiro atoms. The second kappa shape index (κ2) is 6.23. The van der Waals surface area contributed by atoms with Crippen molar-refractivity contribution < 1.29 is 28.9 Å². The van der Waals surface area contributed by atoms with Crippen molar-refractivity contribution in [2.45, 2.75) is 13.0 Å². The molecule has 0 amide bonds. The largest absolute Gasteiger partial charge is 0.486 e. The van der Waals surface area contributed by atoms with E-state index in [-0.39, 0.29) is 35.8 Å². The van der Waals surface area contributed by atoms with Gasteiger partial charge in [-0.1, -0.05) is 0 Å². The molecule has 1 unspecified atom stereocenters. The van der Waals surface area contributed by atoms with Crippen molar-refractivity contribution in [3.63, 3.8) is 0 Å². The third kappa shape index (κ3) is 2.64. The van der Waals surface area contributed by atoms with E-state index >= 15 is 0 Å². The van der Waals surface area contributed by atoms with Crippen molar-refractivity contribution >= 4 is 28.2 Å². The number of carbonyl (C=O) groups excluding carboxylic acids is 2. The first-order chi connectivity index (χ1) is 9.60. The molecule has 0 saturated carbocycles. The molecule has 1 aliphatic rings. The molecule has 108 valence electrons. The number of esters is 1. The van der Waals surface area contributed by atoms with Gasteiger partial charge in [-0.2, -0.15) is 0 Å². The number of aliphatic hydroxyl groups excluding tert-OH is 1. The summed E-state index contributed by atoms with van der Waals surface area (Å²) in [4.78, 5) is 22.7. The molecule has 0 bridgehead atoms. The maximum Gasteiger partial charge on any atom is 0.339 e. The van der Waals surface area contributed by atoms with Gasteiger partial charge < -0.3 is 19.3 Å². The van der Waals surface area contributed by atoms with Crippen molar-refractivity contribution in [3.05, 3.63) is 21.7 Å². The molecule has 1 aliphatic heterocycles. The van der Waals surface area contributed by atoms with E-state index in [0.29, 0.717) is 17.4 Å². The minimum absolute atomic E-state index is 0.156. The summed E-state index contributed by atoms with van der Waals surface area (Å²) in [5.74, 6) is -0.365. The average Bonchev–Trinajstić information content (AvgIpc) is 2.46. The summed E-state index contributed by atoms with van der Waals surface area (Å²) in [5, 5.41) is 10.0. The highest BCUT2D eigenvalue weighted by Crippen LogP contribution is 2.43. The Labute approximate surface area is 123 Å². The van der Waals surface area contributed by atoms with E-state index in [1.807, 2.05) is 0 Å². The fraction of sp³-hybridized carbons (Fsp3) is 0.385. The van der Waals surface area contributed by atoms with Gasteiger partial charge >= 0.3 is 5.97 Å². The molecular weight excluding hydrogens is 332 g/mol. The highest BCUT2D eigenvalue weighted by Gasteiger charge is 2.30. The molecule has 20 heavy (non-hydrogen) atoms. The molecule has 0 saturated heterocycles. The average molecular weight is 345 g/mol. The topological polar surface area (TPSA) is 82.1 Å². The Morgan fingerprint density at radius 2 is 2.15 bits per heavy atom. The van der Waals surface area contributed by atoms with Crippen LogP contribution in [0.15, 0.2) is 10.5 Å². The van der Waals surface area contributed by atoms with E-state index in [9.17, 15) is 14.7 Å². The van der Waals surface area contributed by atoms with E-state index in [1.54, 1.807) is 6.92 Å². The number of benzene rings is 1. The Morgan fingerprint density at radius 3 is 2.75 bits per heavy atom. The van der Waals surface area contributed by atoms with Crippen LogP contribution < -0.4 is 9.47 Å². The minimum atomic E-state index is -1.50. The Morgan fingerprint density at radius 1 is 1.50 bits per heavy atom. The van der Waals surface area contributed by atoms with Crippen LogP contribution in [0, 0.1) is 0 Å². The summed E-state index contributed by atoms with van der Waals surface area (Å²) in [5.41, 5.74) is 0.482. The number of aliphatic hydroxyl groups is 1. The lowest BCUT2D eigenvalue weighted by Gasteiger charge is -2.24. The smallest absolute Gasteiger partial charge is 0.339 e. The van der Waals surface area contributed by atoms with Crippen LogP contribution in [-0.4, -0.2) is 37.2 Å². The molecule has 1 atom stereocenters. The summed E-state index contributed by atoms with van der Waals surface area (Å²) in [6.45, 7) is 2.36. The predicted octanol–water partition coefficient (Wildman–Crippen LogP) is 1.63. The highest BCUT2D eigenvalue weighted by atomic mass is 79.9. The third-order valence-corrected chi connectivity index (χ3v) is 3.41. The lowest BCUT2D eigenvalue weighted by molar-refractivity contribution is -0.153. The normalized spacial score (nSPS) is 14.6. The van der Waals surface area contributed by atoms with E-state index in [2.05, 4.69) is 15.9 Å². The summed E-state index contributed by atoms with van der Waals surface area (Å²) < 4.78 is 16.0. The van der Waals surface area contributed by atoms with Crippen molar-refractivity contribution in [1.82, 2.24) is 0 Å². The van der Waals surface area contributed by atoms with E-state index in [4.69, 9.17) is 14.2 Å². The minimum Gasteiger partial charge on any atom is -0.486 e. The zero-order chi connectivity index (χ0) is 14.7. The molecule has 0 aromatic heterocycles. The highest BCUT2D eigenvalue weighted by molar-refractivity contribution is 9.10. The van der Waals surface area contributed by atoms with Crippen molar-refractivity contribution in [3.8, 4) is 11.5 Å². The number of rotatable bonds is 4. The molecule has 6 nitrogen and oxygen atoms in total. The van der Waals surface area contributed by atoms with Gasteiger partial charge in [0, 0.05) is 10.0 Å². The van der Waals surface area contributed by atoms with Gasteiger partial charge in [-0.25, -0.2) is 4.79 Å². The van der Waals surface area contributed by atoms with E-state index in [1.165, 1.54) is 6.07 Å². The van der Waals surface area contributed by atoms with Gasteiger partial charge in [-0.3, -0.25) is 4.79 Å². The van der Waals surface area contributed by atoms with Crippen LogP contribution in [-0.2, 0) is 9.53 Å². The van der Waals surface area contributed by atoms with Crippen LogP contribution in [0.25, 0.3) is 0 Å². The second-order valence-electron chi connectivity index (χ2n) is 3.99. The Balaban J connectivity index is 2.51. The summed E-state index contributed by atoms with van der Waals surface area (Å²) in [6.07, 6.45) is -0.875. The molecular formula is C13H13BrO6. The number of aldehydes is 1. The van der Waals surface area contributed by atoms with Gasteiger partial charge in [0.05, 0.1) is 12.2 Å². The first-order valence-corrected chi connectivity index (χ1v) is 6.81. The predicted molar refractivity (Wildman–Crippen MR) is 72.1 cm³/mol.